The van der Waals surface area contributed by atoms with Crippen molar-refractivity contribution in [3.63, 3.8) is 0 Å². The summed E-state index contributed by atoms with van der Waals surface area (Å²) in [4.78, 5) is 13.7. The number of halogens is 1. The van der Waals surface area contributed by atoms with Gasteiger partial charge in [0.1, 0.15) is 17.1 Å². The maximum Gasteiger partial charge on any atom is 0.300 e. The number of piperazine rings is 1. The molecule has 1 aromatic carbocycles. The topological polar surface area (TPSA) is 54.6 Å². The molecule has 4 heterocycles. The number of rotatable bonds is 3. The second-order valence-corrected chi connectivity index (χ2v) is 6.80. The smallest absolute Gasteiger partial charge is 0.300 e. The van der Waals surface area contributed by atoms with Gasteiger partial charge in [-0.05, 0) is 24.6 Å². The van der Waals surface area contributed by atoms with E-state index in [0.717, 1.165) is 32.6 Å². The van der Waals surface area contributed by atoms with Gasteiger partial charge in [0, 0.05) is 44.0 Å². The zero-order valence-corrected chi connectivity index (χ0v) is 14.5. The number of benzene rings is 1. The van der Waals surface area contributed by atoms with E-state index in [4.69, 9.17) is 9.15 Å². The molecule has 5 rings (SSSR count). The van der Waals surface area contributed by atoms with Gasteiger partial charge in [0.15, 0.2) is 0 Å². The first-order valence-electron chi connectivity index (χ1n) is 8.81. The Labute approximate surface area is 150 Å². The molecule has 2 aromatic heterocycles. The lowest BCUT2D eigenvalue weighted by atomic mass is 10.1. The molecule has 2 saturated heterocycles. The molecule has 1 unspecified atom stereocenters. The predicted octanol–water partition coefficient (Wildman–Crippen LogP) is 2.93. The number of anilines is 1. The maximum atomic E-state index is 14.4. The van der Waals surface area contributed by atoms with E-state index >= 15 is 0 Å². The van der Waals surface area contributed by atoms with E-state index in [1.54, 1.807) is 24.4 Å². The lowest BCUT2D eigenvalue weighted by Crippen LogP contribution is -2.46. The number of hydrogen-bond acceptors (Lipinski definition) is 6. The second-order valence-electron chi connectivity index (χ2n) is 6.80. The molecule has 6 nitrogen and oxygen atoms in total. The molecule has 2 atom stereocenters. The van der Waals surface area contributed by atoms with Crippen LogP contribution in [-0.4, -0.2) is 54.2 Å². The molecule has 7 heteroatoms. The van der Waals surface area contributed by atoms with Crippen molar-refractivity contribution < 1.29 is 13.5 Å². The number of pyridine rings is 1. The van der Waals surface area contributed by atoms with Gasteiger partial charge in [0.05, 0.1) is 12.7 Å². The summed E-state index contributed by atoms with van der Waals surface area (Å²) in [6.07, 6.45) is 2.73. The molecule has 0 N–H and O–H groups in total. The molecule has 0 spiro atoms. The second kappa shape index (κ2) is 5.95. The van der Waals surface area contributed by atoms with E-state index in [9.17, 15) is 4.39 Å². The van der Waals surface area contributed by atoms with Crippen LogP contribution in [0.5, 0.6) is 5.75 Å². The highest BCUT2D eigenvalue weighted by atomic mass is 19.1. The van der Waals surface area contributed by atoms with Crippen LogP contribution in [0.3, 0.4) is 0 Å². The van der Waals surface area contributed by atoms with Crippen molar-refractivity contribution in [2.75, 3.05) is 38.2 Å². The Kier molecular flexibility index (Phi) is 3.56. The minimum atomic E-state index is -0.351. The van der Waals surface area contributed by atoms with Gasteiger partial charge in [-0.25, -0.2) is 9.37 Å². The minimum Gasteiger partial charge on any atom is -0.496 e. The first-order valence-corrected chi connectivity index (χ1v) is 8.81. The van der Waals surface area contributed by atoms with Crippen molar-refractivity contribution in [3.05, 3.63) is 36.3 Å². The molecule has 2 aliphatic rings. The summed E-state index contributed by atoms with van der Waals surface area (Å²) in [6.45, 7) is 4.13. The predicted molar refractivity (Wildman–Crippen MR) is 95.9 cm³/mol. The van der Waals surface area contributed by atoms with Crippen LogP contribution in [0.4, 0.5) is 10.4 Å². The molecule has 2 fully saturated rings. The zero-order valence-electron chi connectivity index (χ0n) is 14.5. The van der Waals surface area contributed by atoms with E-state index in [-0.39, 0.29) is 5.82 Å². The number of oxazole rings is 1. The highest BCUT2D eigenvalue weighted by Gasteiger charge is 2.34. The number of fused-ring (bicyclic) bond motifs is 3. The standard InChI is InChI=1S/C19H19FN4O2/c1-25-16-4-2-3-14(20)17(16)12-9-15-18(21-10-12)26-19(22-15)24-8-7-23-6-5-13(24)11-23/h2-4,9-10,13H,5-8,11H2,1H3/t13-/m1/s1. The van der Waals surface area contributed by atoms with Crippen molar-refractivity contribution in [3.8, 4) is 16.9 Å². The van der Waals surface area contributed by atoms with Crippen LogP contribution in [0.1, 0.15) is 6.42 Å². The molecule has 0 saturated carbocycles. The average molecular weight is 354 g/mol. The summed E-state index contributed by atoms with van der Waals surface area (Å²) >= 11 is 0. The lowest BCUT2D eigenvalue weighted by molar-refractivity contribution is 0.304. The number of ether oxygens (including phenoxy) is 1. The third kappa shape index (κ3) is 2.42. The maximum absolute atomic E-state index is 14.4. The zero-order chi connectivity index (χ0) is 17.7. The Balaban J connectivity index is 1.55. The van der Waals surface area contributed by atoms with Crippen LogP contribution in [0.25, 0.3) is 22.4 Å². The highest BCUT2D eigenvalue weighted by Crippen LogP contribution is 2.34. The Morgan fingerprint density at radius 1 is 1.27 bits per heavy atom. The Morgan fingerprint density at radius 2 is 2.19 bits per heavy atom. The van der Waals surface area contributed by atoms with Gasteiger partial charge in [0.25, 0.3) is 6.01 Å². The summed E-state index contributed by atoms with van der Waals surface area (Å²) in [5.41, 5.74) is 2.11. The molecule has 2 bridgehead atoms. The van der Waals surface area contributed by atoms with Crippen molar-refractivity contribution in [2.45, 2.75) is 12.5 Å². The van der Waals surface area contributed by atoms with Crippen LogP contribution in [0.2, 0.25) is 0 Å². The number of aromatic nitrogens is 2. The van der Waals surface area contributed by atoms with Gasteiger partial charge >= 0.3 is 0 Å². The summed E-state index contributed by atoms with van der Waals surface area (Å²) in [6, 6.07) is 7.63. The summed E-state index contributed by atoms with van der Waals surface area (Å²) in [5.74, 6) is 0.119. The van der Waals surface area contributed by atoms with Crippen LogP contribution in [0, 0.1) is 5.82 Å². The Hall–Kier alpha value is -2.67. The first-order chi connectivity index (χ1) is 12.7. The van der Waals surface area contributed by atoms with E-state index < -0.39 is 0 Å². The van der Waals surface area contributed by atoms with Crippen molar-refractivity contribution >= 4 is 17.2 Å². The Morgan fingerprint density at radius 3 is 3.08 bits per heavy atom. The largest absolute Gasteiger partial charge is 0.496 e. The molecular formula is C19H19FN4O2. The number of nitrogens with zero attached hydrogens (tertiary/aromatic N) is 4. The van der Waals surface area contributed by atoms with Crippen molar-refractivity contribution in [1.29, 1.82) is 0 Å². The summed E-state index contributed by atoms with van der Waals surface area (Å²) in [5, 5.41) is 0. The van der Waals surface area contributed by atoms with Crippen LogP contribution in [-0.2, 0) is 0 Å². The fourth-order valence-corrected chi connectivity index (χ4v) is 3.98. The van der Waals surface area contributed by atoms with Gasteiger partial charge in [-0.2, -0.15) is 4.98 Å². The summed E-state index contributed by atoms with van der Waals surface area (Å²) in [7, 11) is 1.53. The third-order valence-corrected chi connectivity index (χ3v) is 5.31. The minimum absolute atomic E-state index is 0.351. The molecule has 26 heavy (non-hydrogen) atoms. The van der Waals surface area contributed by atoms with E-state index in [1.807, 2.05) is 0 Å². The number of hydrogen-bond donors (Lipinski definition) is 0. The van der Waals surface area contributed by atoms with Gasteiger partial charge in [-0.15, -0.1) is 0 Å². The van der Waals surface area contributed by atoms with Crippen LogP contribution >= 0.6 is 0 Å². The van der Waals surface area contributed by atoms with Crippen LogP contribution < -0.4 is 9.64 Å². The quantitative estimate of drug-likeness (QED) is 0.721. The molecule has 0 aliphatic carbocycles. The first kappa shape index (κ1) is 15.6. The van der Waals surface area contributed by atoms with Gasteiger partial charge < -0.3 is 14.1 Å². The molecule has 2 aliphatic heterocycles. The molecule has 0 radical (unpaired) electrons. The Bertz CT molecular complexity index is 973. The molecule has 134 valence electrons. The van der Waals surface area contributed by atoms with Gasteiger partial charge in [-0.1, -0.05) is 6.07 Å². The lowest BCUT2D eigenvalue weighted by Gasteiger charge is -2.32. The average Bonchev–Trinajstić information content (AvgIpc) is 3.25. The van der Waals surface area contributed by atoms with Crippen LogP contribution in [0.15, 0.2) is 34.9 Å². The van der Waals surface area contributed by atoms with E-state index in [1.165, 1.54) is 13.2 Å². The van der Waals surface area contributed by atoms with Gasteiger partial charge in [0.2, 0.25) is 5.71 Å². The fraction of sp³-hybridized carbons (Fsp3) is 0.368. The normalized spacial score (nSPS) is 22.2. The van der Waals surface area contributed by atoms with Crippen molar-refractivity contribution in [2.24, 2.45) is 0 Å². The number of methoxy groups -OCH3 is 1. The molecule has 0 amide bonds. The summed E-state index contributed by atoms with van der Waals surface area (Å²) < 4.78 is 25.6. The molecule has 3 aromatic rings. The fourth-order valence-electron chi connectivity index (χ4n) is 3.98. The molecular weight excluding hydrogens is 335 g/mol. The highest BCUT2D eigenvalue weighted by molar-refractivity contribution is 5.80. The monoisotopic (exact) mass is 354 g/mol. The van der Waals surface area contributed by atoms with Gasteiger partial charge in [-0.3, -0.25) is 4.90 Å². The van der Waals surface area contributed by atoms with Crippen molar-refractivity contribution in [1.82, 2.24) is 14.9 Å². The third-order valence-electron chi connectivity index (χ3n) is 5.31. The van der Waals surface area contributed by atoms with E-state index in [2.05, 4.69) is 19.8 Å². The SMILES string of the molecule is COc1cccc(F)c1-c1cnc2oc(N3CCN4CC[C@@H]3C4)nc2c1. The van der Waals surface area contributed by atoms with E-state index in [0.29, 0.717) is 40.2 Å².